The first-order valence-corrected chi connectivity index (χ1v) is 9.63. The van der Waals surface area contributed by atoms with Gasteiger partial charge in [-0.3, -0.25) is 19.6 Å². The van der Waals surface area contributed by atoms with E-state index in [4.69, 9.17) is 4.42 Å². The Bertz CT molecular complexity index is 904. The smallest absolute Gasteiger partial charge is 0.312 e. The Balaban J connectivity index is 1.41. The predicted octanol–water partition coefficient (Wildman–Crippen LogP) is 2.40. The summed E-state index contributed by atoms with van der Waals surface area (Å²) in [6.45, 7) is 3.51. The molecule has 1 N–H and O–H groups in total. The molecule has 4 heterocycles. The van der Waals surface area contributed by atoms with Gasteiger partial charge < -0.3 is 14.6 Å². The summed E-state index contributed by atoms with van der Waals surface area (Å²) in [6, 6.07) is 4.65. The number of nitrogens with zero attached hydrogens (tertiary/aromatic N) is 4. The zero-order valence-electron chi connectivity index (χ0n) is 16.3. The van der Waals surface area contributed by atoms with Crippen LogP contribution in [-0.2, 0) is 6.54 Å². The van der Waals surface area contributed by atoms with Crippen molar-refractivity contribution in [3.05, 3.63) is 45.2 Å². The lowest BCUT2D eigenvalue weighted by molar-refractivity contribution is -0.386. The van der Waals surface area contributed by atoms with Crippen LogP contribution in [0.2, 0.25) is 0 Å². The molecular formula is C19H25N5O4. The fourth-order valence-electron chi connectivity index (χ4n) is 4.62. The standard InChI is InChI=1S/C19H25N5O4/c1-11-18(24(26)27)12(2)23(21-11)10-16-6-7-17(28-16)19(25)20-13-8-14-4-5-15(9-13)22(14)3/h6-7,13-15H,4-5,8-10H2,1-3H3,(H,20,25)/t13?,14-,15+. The Labute approximate surface area is 162 Å². The van der Waals surface area contributed by atoms with Crippen molar-refractivity contribution in [3.63, 3.8) is 0 Å². The maximum Gasteiger partial charge on any atom is 0.312 e. The lowest BCUT2D eigenvalue weighted by Crippen LogP contribution is -2.48. The number of hydrogen-bond acceptors (Lipinski definition) is 6. The van der Waals surface area contributed by atoms with Crippen LogP contribution in [0.25, 0.3) is 0 Å². The number of hydrogen-bond donors (Lipinski definition) is 1. The molecule has 9 heteroatoms. The summed E-state index contributed by atoms with van der Waals surface area (Å²) < 4.78 is 7.22. The number of nitrogens with one attached hydrogen (secondary N) is 1. The molecular weight excluding hydrogens is 362 g/mol. The molecule has 9 nitrogen and oxygen atoms in total. The van der Waals surface area contributed by atoms with Crippen molar-refractivity contribution in [1.82, 2.24) is 20.0 Å². The molecule has 4 rings (SSSR count). The molecule has 2 bridgehead atoms. The van der Waals surface area contributed by atoms with Crippen molar-refractivity contribution in [1.29, 1.82) is 0 Å². The van der Waals surface area contributed by atoms with Gasteiger partial charge in [-0.2, -0.15) is 5.10 Å². The zero-order valence-corrected chi connectivity index (χ0v) is 16.3. The summed E-state index contributed by atoms with van der Waals surface area (Å²) in [5.74, 6) is 0.589. The lowest BCUT2D eigenvalue weighted by atomic mass is 9.98. The van der Waals surface area contributed by atoms with Gasteiger partial charge in [-0.05, 0) is 58.7 Å². The number of aromatic nitrogens is 2. The van der Waals surface area contributed by atoms with Crippen LogP contribution < -0.4 is 5.32 Å². The van der Waals surface area contributed by atoms with E-state index in [-0.39, 0.29) is 29.9 Å². The minimum atomic E-state index is -0.427. The zero-order chi connectivity index (χ0) is 20.0. The van der Waals surface area contributed by atoms with Gasteiger partial charge in [0.15, 0.2) is 5.76 Å². The molecule has 2 aliphatic rings. The second kappa shape index (κ2) is 7.05. The van der Waals surface area contributed by atoms with Crippen molar-refractivity contribution < 1.29 is 14.1 Å². The molecule has 0 aromatic carbocycles. The Morgan fingerprint density at radius 2 is 2.00 bits per heavy atom. The second-order valence-corrected chi connectivity index (χ2v) is 7.89. The number of nitro groups is 1. The van der Waals surface area contributed by atoms with Crippen molar-refractivity contribution >= 4 is 11.6 Å². The summed E-state index contributed by atoms with van der Waals surface area (Å²) in [7, 11) is 2.17. The number of amides is 1. The van der Waals surface area contributed by atoms with Gasteiger partial charge in [0.1, 0.15) is 17.1 Å². The van der Waals surface area contributed by atoms with E-state index in [1.165, 1.54) is 17.5 Å². The molecule has 0 aliphatic carbocycles. The van der Waals surface area contributed by atoms with E-state index in [9.17, 15) is 14.9 Å². The second-order valence-electron chi connectivity index (χ2n) is 7.89. The molecule has 0 radical (unpaired) electrons. The van der Waals surface area contributed by atoms with Crippen LogP contribution in [0.4, 0.5) is 5.69 Å². The monoisotopic (exact) mass is 387 g/mol. The third-order valence-electron chi connectivity index (χ3n) is 6.15. The Hall–Kier alpha value is -2.68. The van der Waals surface area contributed by atoms with E-state index in [0.717, 1.165) is 12.8 Å². The van der Waals surface area contributed by atoms with E-state index in [1.54, 1.807) is 26.0 Å². The average molecular weight is 387 g/mol. The van der Waals surface area contributed by atoms with Crippen molar-refractivity contribution in [2.24, 2.45) is 0 Å². The van der Waals surface area contributed by atoms with E-state index in [1.807, 2.05) is 0 Å². The summed E-state index contributed by atoms with van der Waals surface area (Å²) in [5.41, 5.74) is 0.844. The Morgan fingerprint density at radius 1 is 1.32 bits per heavy atom. The number of rotatable bonds is 5. The lowest BCUT2D eigenvalue weighted by Gasteiger charge is -2.36. The number of aryl methyl sites for hydroxylation is 1. The Kier molecular flexibility index (Phi) is 4.70. The first kappa shape index (κ1) is 18.7. The maximum atomic E-state index is 12.6. The summed E-state index contributed by atoms with van der Waals surface area (Å²) >= 11 is 0. The topological polar surface area (TPSA) is 106 Å². The molecule has 2 fully saturated rings. The van der Waals surface area contributed by atoms with Crippen molar-refractivity contribution in [2.45, 2.75) is 64.2 Å². The molecule has 0 spiro atoms. The first-order chi connectivity index (χ1) is 13.3. The van der Waals surface area contributed by atoms with Crippen molar-refractivity contribution in [2.75, 3.05) is 7.05 Å². The van der Waals surface area contributed by atoms with Crippen molar-refractivity contribution in [3.8, 4) is 0 Å². The van der Waals surface area contributed by atoms with Crippen LogP contribution in [0, 0.1) is 24.0 Å². The third-order valence-corrected chi connectivity index (χ3v) is 6.15. The summed E-state index contributed by atoms with van der Waals surface area (Å²) in [4.78, 5) is 25.7. The predicted molar refractivity (Wildman–Crippen MR) is 101 cm³/mol. The number of furan rings is 1. The molecule has 2 aromatic heterocycles. The van der Waals surface area contributed by atoms with Crippen LogP contribution in [0.5, 0.6) is 0 Å². The number of carbonyl (C=O) groups is 1. The van der Waals surface area contributed by atoms with E-state index < -0.39 is 4.92 Å². The van der Waals surface area contributed by atoms with E-state index in [2.05, 4.69) is 22.4 Å². The van der Waals surface area contributed by atoms with Crippen LogP contribution in [0.3, 0.4) is 0 Å². The van der Waals surface area contributed by atoms with E-state index >= 15 is 0 Å². The van der Waals surface area contributed by atoms with Crippen LogP contribution in [0.15, 0.2) is 16.5 Å². The molecule has 2 aromatic rings. The molecule has 0 saturated carbocycles. The molecule has 1 unspecified atom stereocenters. The Morgan fingerprint density at radius 3 is 2.61 bits per heavy atom. The number of piperidine rings is 1. The summed E-state index contributed by atoms with van der Waals surface area (Å²) in [6.07, 6.45) is 4.35. The minimum Gasteiger partial charge on any atom is -0.454 e. The molecule has 150 valence electrons. The highest BCUT2D eigenvalue weighted by molar-refractivity contribution is 5.91. The van der Waals surface area contributed by atoms with Gasteiger partial charge in [-0.25, -0.2) is 0 Å². The van der Waals surface area contributed by atoms with Gasteiger partial charge in [0, 0.05) is 18.1 Å². The van der Waals surface area contributed by atoms with Gasteiger partial charge >= 0.3 is 5.69 Å². The van der Waals surface area contributed by atoms with Gasteiger partial charge in [0.2, 0.25) is 0 Å². The fourth-order valence-corrected chi connectivity index (χ4v) is 4.62. The van der Waals surface area contributed by atoms with Crippen LogP contribution in [-0.4, -0.2) is 50.7 Å². The first-order valence-electron chi connectivity index (χ1n) is 9.63. The molecule has 3 atom stereocenters. The normalized spacial score (nSPS) is 24.5. The largest absolute Gasteiger partial charge is 0.454 e. The molecule has 1 amide bonds. The van der Waals surface area contributed by atoms with E-state index in [0.29, 0.717) is 29.2 Å². The molecule has 28 heavy (non-hydrogen) atoms. The SMILES string of the molecule is Cc1nn(Cc2ccc(C(=O)NC3C[C@H]4CC[C@@H](C3)N4C)o2)c(C)c1[N+](=O)[O-]. The van der Waals surface area contributed by atoms with Crippen LogP contribution >= 0.6 is 0 Å². The van der Waals surface area contributed by atoms with Crippen LogP contribution in [0.1, 0.15) is 53.4 Å². The highest BCUT2D eigenvalue weighted by atomic mass is 16.6. The average Bonchev–Trinajstić information content (AvgIpc) is 3.24. The fraction of sp³-hybridized carbons (Fsp3) is 0.579. The number of fused-ring (bicyclic) bond motifs is 2. The van der Waals surface area contributed by atoms with Gasteiger partial charge in [0.25, 0.3) is 5.91 Å². The maximum absolute atomic E-state index is 12.6. The van der Waals surface area contributed by atoms with Gasteiger partial charge in [-0.15, -0.1) is 0 Å². The molecule has 2 saturated heterocycles. The highest BCUT2D eigenvalue weighted by Gasteiger charge is 2.39. The summed E-state index contributed by atoms with van der Waals surface area (Å²) in [5, 5.41) is 18.5. The highest BCUT2D eigenvalue weighted by Crippen LogP contribution is 2.34. The molecule has 2 aliphatic heterocycles. The quantitative estimate of drug-likeness (QED) is 0.624. The minimum absolute atomic E-state index is 0.0152. The third kappa shape index (κ3) is 3.30. The number of carbonyl (C=O) groups excluding carboxylic acids is 1. The van der Waals surface area contributed by atoms with Gasteiger partial charge in [-0.1, -0.05) is 0 Å². The van der Waals surface area contributed by atoms with Gasteiger partial charge in [0.05, 0.1) is 11.5 Å².